The molecule has 0 spiro atoms. The van der Waals surface area contributed by atoms with E-state index in [-0.39, 0.29) is 12.2 Å². The highest BCUT2D eigenvalue weighted by Crippen LogP contribution is 2.37. The second-order valence-electron chi connectivity index (χ2n) is 6.96. The van der Waals surface area contributed by atoms with Crippen molar-refractivity contribution in [1.29, 1.82) is 0 Å². The lowest BCUT2D eigenvalue weighted by atomic mass is 10.0. The lowest BCUT2D eigenvalue weighted by Crippen LogP contribution is -2.33. The summed E-state index contributed by atoms with van der Waals surface area (Å²) >= 11 is 0. The molecular formula is C24H22N2O5. The van der Waals surface area contributed by atoms with Gasteiger partial charge < -0.3 is 18.8 Å². The minimum absolute atomic E-state index is 0.0492. The molecule has 1 aliphatic heterocycles. The van der Waals surface area contributed by atoms with Crippen LogP contribution in [0.25, 0.3) is 5.57 Å². The minimum atomic E-state index is -0.397. The van der Waals surface area contributed by atoms with E-state index in [0.29, 0.717) is 28.4 Å². The van der Waals surface area contributed by atoms with Crippen molar-refractivity contribution in [3.8, 4) is 11.5 Å². The molecule has 0 aliphatic carbocycles. The summed E-state index contributed by atoms with van der Waals surface area (Å²) in [5.41, 5.74) is 1.94. The Hall–Kier alpha value is -4.00. The van der Waals surface area contributed by atoms with E-state index in [4.69, 9.17) is 13.9 Å². The van der Waals surface area contributed by atoms with Crippen LogP contribution in [0, 0.1) is 0 Å². The number of carbonyl (C=O) groups is 2. The van der Waals surface area contributed by atoms with E-state index >= 15 is 0 Å². The Balaban J connectivity index is 1.84. The molecule has 2 amide bonds. The number of ether oxygens (including phenoxy) is 2. The Morgan fingerprint density at radius 1 is 0.903 bits per heavy atom. The van der Waals surface area contributed by atoms with E-state index in [1.807, 2.05) is 30.3 Å². The van der Waals surface area contributed by atoms with Crippen LogP contribution >= 0.6 is 0 Å². The molecule has 2 aromatic carbocycles. The van der Waals surface area contributed by atoms with Gasteiger partial charge in [-0.1, -0.05) is 24.3 Å². The van der Waals surface area contributed by atoms with Crippen molar-refractivity contribution in [2.75, 3.05) is 26.2 Å². The van der Waals surface area contributed by atoms with Gasteiger partial charge in [0.05, 0.1) is 32.6 Å². The number of benzene rings is 2. The molecule has 31 heavy (non-hydrogen) atoms. The summed E-state index contributed by atoms with van der Waals surface area (Å²) in [5, 5.41) is 0. The third-order valence-electron chi connectivity index (χ3n) is 5.19. The predicted molar refractivity (Wildman–Crippen MR) is 116 cm³/mol. The van der Waals surface area contributed by atoms with Crippen LogP contribution < -0.4 is 14.4 Å². The minimum Gasteiger partial charge on any atom is -0.493 e. The summed E-state index contributed by atoms with van der Waals surface area (Å²) in [7, 11) is 4.84. The fraction of sp³-hybridized carbons (Fsp3) is 0.167. The molecule has 0 radical (unpaired) electrons. The molecule has 7 nitrogen and oxygen atoms in total. The van der Waals surface area contributed by atoms with Gasteiger partial charge in [-0.05, 0) is 42.0 Å². The maximum atomic E-state index is 13.4. The maximum Gasteiger partial charge on any atom is 0.278 e. The normalized spacial score (nSPS) is 13.7. The van der Waals surface area contributed by atoms with Crippen molar-refractivity contribution in [3.05, 3.63) is 83.9 Å². The number of methoxy groups -OCH3 is 2. The van der Waals surface area contributed by atoms with E-state index < -0.39 is 11.8 Å². The quantitative estimate of drug-likeness (QED) is 0.545. The SMILES string of the molecule is COc1ccc(C2=C(N(C)c3ccccc3)C(=O)N(Cc3ccco3)C2=O)cc1OC. The molecule has 158 valence electrons. The second-order valence-corrected chi connectivity index (χ2v) is 6.96. The molecule has 3 aromatic rings. The zero-order valence-corrected chi connectivity index (χ0v) is 17.5. The van der Waals surface area contributed by atoms with Crippen LogP contribution in [0.15, 0.2) is 77.0 Å². The molecule has 4 rings (SSSR count). The third-order valence-corrected chi connectivity index (χ3v) is 5.19. The molecule has 0 saturated carbocycles. The molecule has 0 bridgehead atoms. The number of carbonyl (C=O) groups excluding carboxylic acids is 2. The van der Waals surface area contributed by atoms with Crippen molar-refractivity contribution < 1.29 is 23.5 Å². The van der Waals surface area contributed by atoms with Crippen LogP contribution in [-0.4, -0.2) is 38.0 Å². The summed E-state index contributed by atoms with van der Waals surface area (Å²) in [5.74, 6) is 0.744. The van der Waals surface area contributed by atoms with Crippen molar-refractivity contribution in [2.45, 2.75) is 6.54 Å². The van der Waals surface area contributed by atoms with Crippen LogP contribution in [-0.2, 0) is 16.1 Å². The largest absolute Gasteiger partial charge is 0.493 e. The van der Waals surface area contributed by atoms with Crippen molar-refractivity contribution in [3.63, 3.8) is 0 Å². The van der Waals surface area contributed by atoms with Gasteiger partial charge in [-0.25, -0.2) is 0 Å². The molecular weight excluding hydrogens is 396 g/mol. The highest BCUT2D eigenvalue weighted by Gasteiger charge is 2.41. The Kier molecular flexibility index (Phi) is 5.49. The number of furan rings is 1. The van der Waals surface area contributed by atoms with Crippen LogP contribution in [0.5, 0.6) is 11.5 Å². The number of rotatable bonds is 7. The first-order valence-corrected chi connectivity index (χ1v) is 9.69. The van der Waals surface area contributed by atoms with Gasteiger partial charge in [-0.2, -0.15) is 0 Å². The van der Waals surface area contributed by atoms with Gasteiger partial charge in [0.1, 0.15) is 11.5 Å². The average molecular weight is 418 g/mol. The Labute approximate surface area is 180 Å². The summed E-state index contributed by atoms with van der Waals surface area (Å²) in [6.07, 6.45) is 1.51. The van der Waals surface area contributed by atoms with Crippen LogP contribution in [0.3, 0.4) is 0 Å². The lowest BCUT2D eigenvalue weighted by molar-refractivity contribution is -0.137. The number of likely N-dealkylation sites (N-methyl/N-ethyl adjacent to an activating group) is 1. The number of para-hydroxylation sites is 1. The molecule has 7 heteroatoms. The first kappa shape index (κ1) is 20.3. The molecule has 0 atom stereocenters. The monoisotopic (exact) mass is 418 g/mol. The number of hydrogen-bond donors (Lipinski definition) is 0. The van der Waals surface area contributed by atoms with Gasteiger partial charge in [-0.15, -0.1) is 0 Å². The first-order valence-electron chi connectivity index (χ1n) is 9.69. The Bertz CT molecular complexity index is 1140. The highest BCUT2D eigenvalue weighted by atomic mass is 16.5. The first-order chi connectivity index (χ1) is 15.0. The number of imide groups is 1. The fourth-order valence-electron chi connectivity index (χ4n) is 3.61. The number of nitrogens with zero attached hydrogens (tertiary/aromatic N) is 2. The molecule has 1 aromatic heterocycles. The van der Waals surface area contributed by atoms with Gasteiger partial charge in [-0.3, -0.25) is 14.5 Å². The van der Waals surface area contributed by atoms with Crippen molar-refractivity contribution in [1.82, 2.24) is 4.90 Å². The average Bonchev–Trinajstić information content (AvgIpc) is 3.41. The summed E-state index contributed by atoms with van der Waals surface area (Å²) < 4.78 is 16.1. The van der Waals surface area contributed by atoms with Crippen molar-refractivity contribution >= 4 is 23.1 Å². The smallest absolute Gasteiger partial charge is 0.278 e. The standard InChI is InChI=1S/C24H22N2O5/c1-25(17-8-5-4-6-9-17)22-21(16-11-12-19(29-2)20(14-16)30-3)23(27)26(24(22)28)15-18-10-7-13-31-18/h4-14H,15H2,1-3H3. The van der Waals surface area contributed by atoms with Crippen LogP contribution in [0.4, 0.5) is 5.69 Å². The number of hydrogen-bond acceptors (Lipinski definition) is 6. The third kappa shape index (κ3) is 3.66. The van der Waals surface area contributed by atoms with Crippen molar-refractivity contribution in [2.24, 2.45) is 0 Å². The Morgan fingerprint density at radius 2 is 1.65 bits per heavy atom. The molecule has 0 fully saturated rings. The van der Waals surface area contributed by atoms with E-state index in [9.17, 15) is 9.59 Å². The van der Waals surface area contributed by atoms with Gasteiger partial charge in [0.2, 0.25) is 0 Å². The van der Waals surface area contributed by atoms with Gasteiger partial charge in [0.25, 0.3) is 11.8 Å². The number of amides is 2. The zero-order valence-electron chi connectivity index (χ0n) is 17.5. The highest BCUT2D eigenvalue weighted by molar-refractivity contribution is 6.36. The predicted octanol–water partition coefficient (Wildman–Crippen LogP) is 3.71. The van der Waals surface area contributed by atoms with E-state index in [1.54, 1.807) is 49.4 Å². The summed E-state index contributed by atoms with van der Waals surface area (Å²) in [6.45, 7) is 0.0492. The zero-order chi connectivity index (χ0) is 22.0. The fourth-order valence-corrected chi connectivity index (χ4v) is 3.61. The van der Waals surface area contributed by atoms with E-state index in [1.165, 1.54) is 18.3 Å². The lowest BCUT2D eigenvalue weighted by Gasteiger charge is -2.21. The van der Waals surface area contributed by atoms with Gasteiger partial charge in [0, 0.05) is 12.7 Å². The molecule has 1 aliphatic rings. The van der Waals surface area contributed by atoms with Gasteiger partial charge in [0.15, 0.2) is 11.5 Å². The summed E-state index contributed by atoms with van der Waals surface area (Å²) in [4.78, 5) is 29.8. The van der Waals surface area contributed by atoms with Crippen LogP contribution in [0.2, 0.25) is 0 Å². The Morgan fingerprint density at radius 3 is 2.29 bits per heavy atom. The van der Waals surface area contributed by atoms with E-state index in [0.717, 1.165) is 5.69 Å². The topological polar surface area (TPSA) is 72.2 Å². The molecule has 0 unspecified atom stereocenters. The second kappa shape index (κ2) is 8.39. The van der Waals surface area contributed by atoms with E-state index in [2.05, 4.69) is 0 Å². The molecule has 0 saturated heterocycles. The molecule has 0 N–H and O–H groups in total. The molecule has 2 heterocycles. The maximum absolute atomic E-state index is 13.4. The number of anilines is 1. The van der Waals surface area contributed by atoms with Gasteiger partial charge >= 0.3 is 0 Å². The van der Waals surface area contributed by atoms with Crippen LogP contribution in [0.1, 0.15) is 11.3 Å². The summed E-state index contributed by atoms with van der Waals surface area (Å²) in [6, 6.07) is 18.0.